The molecule has 6 heteroatoms. The van der Waals surface area contributed by atoms with E-state index in [0.29, 0.717) is 13.0 Å². The Balaban J connectivity index is 1.49. The lowest BCUT2D eigenvalue weighted by molar-refractivity contribution is -0.132. The Morgan fingerprint density at radius 1 is 1.32 bits per heavy atom. The third-order valence-corrected chi connectivity index (χ3v) is 4.96. The van der Waals surface area contributed by atoms with Crippen molar-refractivity contribution in [2.24, 2.45) is 0 Å². The molecule has 25 heavy (non-hydrogen) atoms. The largest absolute Gasteiger partial charge is 0.361 e. The number of nitrogens with zero attached hydrogens (tertiary/aromatic N) is 4. The molecule has 0 aliphatic carbocycles. The molecule has 2 aromatic heterocycles. The van der Waals surface area contributed by atoms with Crippen LogP contribution in [0.2, 0.25) is 0 Å². The molecule has 4 rings (SSSR count). The molecule has 1 fully saturated rings. The minimum atomic E-state index is 0.0468. The lowest BCUT2D eigenvalue weighted by atomic mass is 10.1. The third-order valence-electron chi connectivity index (χ3n) is 4.96. The second-order valence-electron chi connectivity index (χ2n) is 6.66. The van der Waals surface area contributed by atoms with Crippen molar-refractivity contribution >= 4 is 16.9 Å². The molecule has 0 saturated carbocycles. The van der Waals surface area contributed by atoms with Crippen molar-refractivity contribution in [3.8, 4) is 0 Å². The highest BCUT2D eigenvalue weighted by Gasteiger charge is 2.31. The van der Waals surface area contributed by atoms with Crippen LogP contribution in [-0.4, -0.2) is 32.1 Å². The number of benzene rings is 1. The van der Waals surface area contributed by atoms with Crippen LogP contribution in [0.5, 0.6) is 0 Å². The number of rotatable bonds is 4. The van der Waals surface area contributed by atoms with E-state index in [1.54, 1.807) is 0 Å². The first-order valence-corrected chi connectivity index (χ1v) is 8.78. The summed E-state index contributed by atoms with van der Waals surface area (Å²) in [5, 5.41) is 4.11. The van der Waals surface area contributed by atoms with Crippen molar-refractivity contribution < 1.29 is 9.32 Å². The second-order valence-corrected chi connectivity index (χ2v) is 6.66. The van der Waals surface area contributed by atoms with Crippen LogP contribution in [0.4, 0.5) is 0 Å². The zero-order valence-electron chi connectivity index (χ0n) is 14.6. The Morgan fingerprint density at radius 2 is 2.16 bits per heavy atom. The van der Waals surface area contributed by atoms with E-state index in [-0.39, 0.29) is 11.9 Å². The van der Waals surface area contributed by atoms with Gasteiger partial charge in [0, 0.05) is 25.6 Å². The lowest BCUT2D eigenvalue weighted by Gasteiger charge is -2.23. The number of amides is 1. The number of para-hydroxylation sites is 2. The molecule has 1 atom stereocenters. The molecule has 0 radical (unpaired) electrons. The summed E-state index contributed by atoms with van der Waals surface area (Å²) in [6.07, 6.45) is 2.43. The highest BCUT2D eigenvalue weighted by Crippen LogP contribution is 2.32. The summed E-state index contributed by atoms with van der Waals surface area (Å²) in [6.45, 7) is 5.30. The van der Waals surface area contributed by atoms with Crippen molar-refractivity contribution in [1.29, 1.82) is 0 Å². The first kappa shape index (κ1) is 15.9. The fraction of sp³-hybridized carbons (Fsp3) is 0.421. The summed E-state index contributed by atoms with van der Waals surface area (Å²) in [5.41, 5.74) is 2.93. The topological polar surface area (TPSA) is 64.2 Å². The van der Waals surface area contributed by atoms with Crippen LogP contribution in [-0.2, 0) is 11.3 Å². The number of hydrogen-bond acceptors (Lipinski definition) is 4. The normalized spacial score (nSPS) is 17.5. The Hall–Kier alpha value is -2.63. The molecule has 1 aliphatic heterocycles. The summed E-state index contributed by atoms with van der Waals surface area (Å²) in [7, 11) is 0. The highest BCUT2D eigenvalue weighted by atomic mass is 16.5. The number of carbonyl (C=O) groups excluding carboxylic acids is 1. The Morgan fingerprint density at radius 3 is 2.96 bits per heavy atom. The van der Waals surface area contributed by atoms with Crippen molar-refractivity contribution in [2.45, 2.75) is 45.7 Å². The summed E-state index contributed by atoms with van der Waals surface area (Å²) in [4.78, 5) is 19.3. The van der Waals surface area contributed by atoms with Crippen molar-refractivity contribution in [1.82, 2.24) is 19.6 Å². The number of fused-ring (bicyclic) bond motifs is 1. The summed E-state index contributed by atoms with van der Waals surface area (Å²) < 4.78 is 7.31. The minimum absolute atomic E-state index is 0.0468. The molecular weight excluding hydrogens is 316 g/mol. The van der Waals surface area contributed by atoms with E-state index in [1.165, 1.54) is 0 Å². The van der Waals surface area contributed by atoms with Gasteiger partial charge in [-0.15, -0.1) is 0 Å². The fourth-order valence-electron chi connectivity index (χ4n) is 3.74. The molecule has 1 amide bonds. The van der Waals surface area contributed by atoms with E-state index in [9.17, 15) is 4.79 Å². The molecule has 6 nitrogen and oxygen atoms in total. The van der Waals surface area contributed by atoms with Gasteiger partial charge < -0.3 is 14.0 Å². The van der Waals surface area contributed by atoms with Gasteiger partial charge in [0.25, 0.3) is 0 Å². The highest BCUT2D eigenvalue weighted by molar-refractivity contribution is 5.78. The van der Waals surface area contributed by atoms with Crippen molar-refractivity contribution in [3.05, 3.63) is 47.6 Å². The Bertz CT molecular complexity index is 911. The van der Waals surface area contributed by atoms with Gasteiger partial charge in [-0.05, 0) is 38.8 Å². The zero-order valence-corrected chi connectivity index (χ0v) is 14.6. The minimum Gasteiger partial charge on any atom is -0.361 e. The number of carbonyl (C=O) groups is 1. The molecular formula is C19H22N4O2. The number of likely N-dealkylation sites (tertiary alicyclic amines) is 1. The van der Waals surface area contributed by atoms with Gasteiger partial charge in [-0.25, -0.2) is 4.98 Å². The maximum absolute atomic E-state index is 12.8. The monoisotopic (exact) mass is 338 g/mol. The predicted molar refractivity (Wildman–Crippen MR) is 94.0 cm³/mol. The first-order chi connectivity index (χ1) is 12.1. The maximum Gasteiger partial charge on any atom is 0.224 e. The molecule has 1 aromatic carbocycles. The van der Waals surface area contributed by atoms with Crippen LogP contribution >= 0.6 is 0 Å². The van der Waals surface area contributed by atoms with Crippen molar-refractivity contribution in [3.63, 3.8) is 0 Å². The van der Waals surface area contributed by atoms with E-state index < -0.39 is 0 Å². The van der Waals surface area contributed by atoms with E-state index in [0.717, 1.165) is 47.7 Å². The van der Waals surface area contributed by atoms with E-state index in [4.69, 9.17) is 4.52 Å². The molecule has 0 N–H and O–H groups in total. The van der Waals surface area contributed by atoms with Crippen LogP contribution in [0.15, 0.2) is 34.9 Å². The van der Waals surface area contributed by atoms with Gasteiger partial charge in [0.1, 0.15) is 17.3 Å². The Kier molecular flexibility index (Phi) is 4.03. The van der Waals surface area contributed by atoms with Gasteiger partial charge in [-0.1, -0.05) is 17.3 Å². The van der Waals surface area contributed by atoms with Crippen LogP contribution < -0.4 is 0 Å². The quantitative estimate of drug-likeness (QED) is 0.731. The fourth-order valence-corrected chi connectivity index (χ4v) is 3.74. The molecule has 3 heterocycles. The zero-order chi connectivity index (χ0) is 17.4. The molecule has 1 saturated heterocycles. The molecule has 130 valence electrons. The number of hydrogen-bond donors (Lipinski definition) is 0. The average molecular weight is 338 g/mol. The van der Waals surface area contributed by atoms with Gasteiger partial charge >= 0.3 is 0 Å². The Labute approximate surface area is 146 Å². The van der Waals surface area contributed by atoms with Crippen molar-refractivity contribution in [2.75, 3.05) is 6.54 Å². The van der Waals surface area contributed by atoms with Gasteiger partial charge in [0.15, 0.2) is 0 Å². The molecule has 0 spiro atoms. The number of aryl methyl sites for hydroxylation is 3. The van der Waals surface area contributed by atoms with Crippen LogP contribution in [0.25, 0.3) is 11.0 Å². The number of aromatic nitrogens is 3. The molecule has 0 bridgehead atoms. The van der Waals surface area contributed by atoms with Gasteiger partial charge in [-0.2, -0.15) is 0 Å². The number of imidazole rings is 1. The third kappa shape index (κ3) is 2.92. The SMILES string of the molecule is Cc1cc([C@@H]2CCCN2C(=O)CCn2c(C)nc3ccccc32)no1. The van der Waals surface area contributed by atoms with Gasteiger partial charge in [0.2, 0.25) is 5.91 Å². The molecule has 1 aliphatic rings. The maximum atomic E-state index is 12.8. The predicted octanol–water partition coefficient (Wildman–Crippen LogP) is 3.39. The van der Waals surface area contributed by atoms with E-state index >= 15 is 0 Å². The van der Waals surface area contributed by atoms with Crippen LogP contribution in [0.3, 0.4) is 0 Å². The smallest absolute Gasteiger partial charge is 0.224 e. The first-order valence-electron chi connectivity index (χ1n) is 8.78. The van der Waals surface area contributed by atoms with E-state index in [2.05, 4.69) is 20.8 Å². The summed E-state index contributed by atoms with van der Waals surface area (Å²) in [6, 6.07) is 10.0. The van der Waals surface area contributed by atoms with Crippen LogP contribution in [0.1, 0.15) is 42.6 Å². The van der Waals surface area contributed by atoms with Gasteiger partial charge in [0.05, 0.1) is 17.1 Å². The second kappa shape index (κ2) is 6.35. The summed E-state index contributed by atoms with van der Waals surface area (Å²) >= 11 is 0. The summed E-state index contributed by atoms with van der Waals surface area (Å²) in [5.74, 6) is 1.90. The van der Waals surface area contributed by atoms with E-state index in [1.807, 2.05) is 43.0 Å². The lowest BCUT2D eigenvalue weighted by Crippen LogP contribution is -2.31. The molecule has 0 unspecified atom stereocenters. The standard InChI is InChI=1S/C19H22N4O2/c1-13-12-16(21-25-13)18-8-5-10-23(18)19(24)9-11-22-14(2)20-15-6-3-4-7-17(15)22/h3-4,6-7,12,18H,5,8-11H2,1-2H3/t18-/m0/s1. The van der Waals surface area contributed by atoms with Crippen LogP contribution in [0, 0.1) is 13.8 Å². The van der Waals surface area contributed by atoms with Gasteiger partial charge in [-0.3, -0.25) is 4.79 Å². The average Bonchev–Trinajstić information content (AvgIpc) is 3.30. The molecule has 3 aromatic rings.